The second-order valence-corrected chi connectivity index (χ2v) is 7.73. The lowest BCUT2D eigenvalue weighted by atomic mass is 10.0. The third-order valence-corrected chi connectivity index (χ3v) is 5.43. The zero-order valence-electron chi connectivity index (χ0n) is 18.7. The van der Waals surface area contributed by atoms with Gasteiger partial charge in [-0.3, -0.25) is 0 Å². The van der Waals surface area contributed by atoms with Gasteiger partial charge in [-0.1, -0.05) is 42.8 Å². The van der Waals surface area contributed by atoms with Gasteiger partial charge in [0.15, 0.2) is 11.5 Å². The Morgan fingerprint density at radius 2 is 1.75 bits per heavy atom. The lowest BCUT2D eigenvalue weighted by Crippen LogP contribution is -2.55. The second-order valence-electron chi connectivity index (χ2n) is 7.73. The number of methoxy groups -OCH3 is 2. The van der Waals surface area contributed by atoms with E-state index in [4.69, 9.17) is 9.47 Å². The lowest BCUT2D eigenvalue weighted by Gasteiger charge is -2.21. The van der Waals surface area contributed by atoms with Gasteiger partial charge < -0.3 is 29.4 Å². The minimum Gasteiger partial charge on any atom is -0.463 e. The summed E-state index contributed by atoms with van der Waals surface area (Å²) >= 11 is 0. The predicted molar refractivity (Wildman–Crippen MR) is 116 cm³/mol. The summed E-state index contributed by atoms with van der Waals surface area (Å²) in [5.74, 6) is -3.79. The van der Waals surface area contributed by atoms with E-state index in [1.165, 1.54) is 0 Å². The Labute approximate surface area is 187 Å². The molecule has 1 heterocycles. The van der Waals surface area contributed by atoms with Gasteiger partial charge in [-0.15, -0.1) is 0 Å². The highest BCUT2D eigenvalue weighted by Crippen LogP contribution is 2.41. The third kappa shape index (κ3) is 4.87. The Morgan fingerprint density at radius 3 is 2.38 bits per heavy atom. The molecule has 0 bridgehead atoms. The minimum absolute atomic E-state index is 0.0980. The maximum absolute atomic E-state index is 12.2. The molecule has 0 saturated heterocycles. The summed E-state index contributed by atoms with van der Waals surface area (Å²) in [5.41, 5.74) is 2.89. The van der Waals surface area contributed by atoms with Crippen LogP contribution in [0.15, 0.2) is 42.5 Å². The van der Waals surface area contributed by atoms with E-state index in [0.717, 1.165) is 37.3 Å². The molecule has 0 saturated carbocycles. The summed E-state index contributed by atoms with van der Waals surface area (Å²) < 4.78 is 20.5. The third-order valence-electron chi connectivity index (χ3n) is 5.43. The molecule has 0 fully saturated rings. The molecular formula is C24H29NO7. The zero-order chi connectivity index (χ0) is 23.3. The van der Waals surface area contributed by atoms with E-state index in [1.807, 2.05) is 37.3 Å². The summed E-state index contributed by atoms with van der Waals surface area (Å²) in [5, 5.41) is 13.9. The average molecular weight is 443 g/mol. The monoisotopic (exact) mass is 443 g/mol. The molecule has 0 aliphatic carbocycles. The number of rotatable bonds is 9. The van der Waals surface area contributed by atoms with Gasteiger partial charge in [0.2, 0.25) is 0 Å². The maximum Gasteiger partial charge on any atom is 0.453 e. The van der Waals surface area contributed by atoms with E-state index in [0.29, 0.717) is 13.0 Å². The summed E-state index contributed by atoms with van der Waals surface area (Å²) in [7, 11) is 2.27. The van der Waals surface area contributed by atoms with Crippen LogP contribution in [0, 0.1) is 6.92 Å². The SMILES string of the molecule is CCC(Cc1ccc2c(c1)OC(C(=O)OC)(C(=O)OC)O2)NCC(O)c1cccc(C)c1. The predicted octanol–water partition coefficient (Wildman–Crippen LogP) is 2.45. The van der Waals surface area contributed by atoms with Gasteiger partial charge in [-0.25, -0.2) is 9.59 Å². The van der Waals surface area contributed by atoms with Gasteiger partial charge in [0, 0.05) is 12.6 Å². The van der Waals surface area contributed by atoms with Crippen molar-refractivity contribution in [2.24, 2.45) is 0 Å². The minimum atomic E-state index is -2.30. The fraction of sp³-hybridized carbons (Fsp3) is 0.417. The molecule has 2 aromatic carbocycles. The number of aliphatic hydroxyl groups is 1. The highest BCUT2D eigenvalue weighted by Gasteiger charge is 2.59. The molecule has 2 N–H and O–H groups in total. The normalized spacial score (nSPS) is 15.7. The van der Waals surface area contributed by atoms with Gasteiger partial charge in [0.1, 0.15) is 0 Å². The molecular weight excluding hydrogens is 414 g/mol. The van der Waals surface area contributed by atoms with Crippen LogP contribution in [0.4, 0.5) is 0 Å². The zero-order valence-corrected chi connectivity index (χ0v) is 18.7. The topological polar surface area (TPSA) is 103 Å². The van der Waals surface area contributed by atoms with Crippen molar-refractivity contribution in [3.63, 3.8) is 0 Å². The van der Waals surface area contributed by atoms with E-state index in [-0.39, 0.29) is 17.5 Å². The van der Waals surface area contributed by atoms with Crippen LogP contribution in [0.5, 0.6) is 11.5 Å². The number of benzene rings is 2. The summed E-state index contributed by atoms with van der Waals surface area (Å²) in [4.78, 5) is 24.4. The number of aliphatic hydroxyl groups excluding tert-OH is 1. The van der Waals surface area contributed by atoms with E-state index >= 15 is 0 Å². The van der Waals surface area contributed by atoms with Crippen molar-refractivity contribution in [3.05, 3.63) is 59.2 Å². The number of ether oxygens (including phenoxy) is 4. The van der Waals surface area contributed by atoms with E-state index in [2.05, 4.69) is 21.7 Å². The first-order valence-electron chi connectivity index (χ1n) is 10.5. The Morgan fingerprint density at radius 1 is 1.06 bits per heavy atom. The van der Waals surface area contributed by atoms with E-state index < -0.39 is 23.8 Å². The molecule has 1 aliphatic heterocycles. The molecule has 2 aromatic rings. The molecule has 172 valence electrons. The van der Waals surface area contributed by atoms with Crippen molar-refractivity contribution in [1.82, 2.24) is 5.32 Å². The molecule has 2 atom stereocenters. The number of hydrogen-bond acceptors (Lipinski definition) is 8. The maximum atomic E-state index is 12.2. The number of nitrogens with one attached hydrogen (secondary N) is 1. The first-order chi connectivity index (χ1) is 15.3. The highest BCUT2D eigenvalue weighted by atomic mass is 16.8. The van der Waals surface area contributed by atoms with Crippen LogP contribution in [-0.2, 0) is 25.5 Å². The number of hydrogen-bond donors (Lipinski definition) is 2. The fourth-order valence-electron chi connectivity index (χ4n) is 3.61. The lowest BCUT2D eigenvalue weighted by molar-refractivity contribution is -0.199. The van der Waals surface area contributed by atoms with Crippen LogP contribution in [0.2, 0.25) is 0 Å². The van der Waals surface area contributed by atoms with Crippen molar-refractivity contribution in [2.45, 2.75) is 44.6 Å². The number of aryl methyl sites for hydroxylation is 1. The Balaban J connectivity index is 1.67. The molecule has 8 heteroatoms. The number of carbonyl (C=O) groups excluding carboxylic acids is 2. The Bertz CT molecular complexity index is 959. The van der Waals surface area contributed by atoms with Gasteiger partial charge in [-0.2, -0.15) is 0 Å². The van der Waals surface area contributed by atoms with Gasteiger partial charge >= 0.3 is 17.7 Å². The van der Waals surface area contributed by atoms with Crippen LogP contribution in [0.3, 0.4) is 0 Å². The second kappa shape index (κ2) is 10.0. The number of esters is 2. The Kier molecular flexibility index (Phi) is 7.37. The van der Waals surface area contributed by atoms with Gasteiger partial charge in [0.25, 0.3) is 0 Å². The largest absolute Gasteiger partial charge is 0.463 e. The van der Waals surface area contributed by atoms with Crippen molar-refractivity contribution < 1.29 is 33.6 Å². The quantitative estimate of drug-likeness (QED) is 0.450. The van der Waals surface area contributed by atoms with Crippen LogP contribution in [-0.4, -0.2) is 49.6 Å². The van der Waals surface area contributed by atoms with Gasteiger partial charge in [0.05, 0.1) is 20.3 Å². The first kappa shape index (κ1) is 23.6. The van der Waals surface area contributed by atoms with Crippen molar-refractivity contribution in [3.8, 4) is 11.5 Å². The molecule has 8 nitrogen and oxygen atoms in total. The number of fused-ring (bicyclic) bond motifs is 1. The standard InChI is InChI=1S/C24H29NO7/c1-5-18(25-14-19(26)17-8-6-7-15(2)11-17)12-16-9-10-20-21(13-16)32-24(31-20,22(27)29-3)23(28)30-4/h6-11,13,18-19,25-26H,5,12,14H2,1-4H3. The molecule has 0 spiro atoms. The summed E-state index contributed by atoms with van der Waals surface area (Å²) in [6, 6.07) is 13.1. The summed E-state index contributed by atoms with van der Waals surface area (Å²) in [6.07, 6.45) is 0.877. The average Bonchev–Trinajstić information content (AvgIpc) is 3.20. The van der Waals surface area contributed by atoms with Crippen LogP contribution >= 0.6 is 0 Å². The molecule has 32 heavy (non-hydrogen) atoms. The van der Waals surface area contributed by atoms with Crippen molar-refractivity contribution >= 4 is 11.9 Å². The van der Waals surface area contributed by atoms with E-state index in [9.17, 15) is 14.7 Å². The molecule has 0 aromatic heterocycles. The summed E-state index contributed by atoms with van der Waals surface area (Å²) in [6.45, 7) is 4.47. The highest BCUT2D eigenvalue weighted by molar-refractivity contribution is 6.03. The molecule has 2 unspecified atom stereocenters. The van der Waals surface area contributed by atoms with Gasteiger partial charge in [-0.05, 0) is 43.0 Å². The molecule has 0 amide bonds. The Hall–Kier alpha value is -3.10. The van der Waals surface area contributed by atoms with E-state index in [1.54, 1.807) is 12.1 Å². The van der Waals surface area contributed by atoms with Crippen LogP contribution < -0.4 is 14.8 Å². The van der Waals surface area contributed by atoms with Crippen LogP contribution in [0.25, 0.3) is 0 Å². The van der Waals surface area contributed by atoms with Crippen molar-refractivity contribution in [2.75, 3.05) is 20.8 Å². The molecule has 3 rings (SSSR count). The number of carbonyl (C=O) groups is 2. The van der Waals surface area contributed by atoms with Crippen molar-refractivity contribution in [1.29, 1.82) is 0 Å². The molecule has 1 aliphatic rings. The molecule has 0 radical (unpaired) electrons. The first-order valence-corrected chi connectivity index (χ1v) is 10.5. The van der Waals surface area contributed by atoms with Crippen LogP contribution in [0.1, 0.15) is 36.1 Å². The fourth-order valence-corrected chi connectivity index (χ4v) is 3.61. The smallest absolute Gasteiger partial charge is 0.453 e.